The Kier molecular flexibility index (Phi) is 4.75. The van der Waals surface area contributed by atoms with Crippen LogP contribution in [-0.2, 0) is 16.1 Å². The molecule has 0 heterocycles. The van der Waals surface area contributed by atoms with Crippen molar-refractivity contribution in [2.75, 3.05) is 14.2 Å². The Morgan fingerprint density at radius 2 is 2.12 bits per heavy atom. The lowest BCUT2D eigenvalue weighted by atomic mass is 10.1. The minimum Gasteiger partial charge on any atom is -0.496 e. The van der Waals surface area contributed by atoms with Gasteiger partial charge in [0.1, 0.15) is 11.8 Å². The van der Waals surface area contributed by atoms with Crippen molar-refractivity contribution in [1.29, 1.82) is 0 Å². The summed E-state index contributed by atoms with van der Waals surface area (Å²) in [7, 11) is 2.94. The van der Waals surface area contributed by atoms with E-state index in [4.69, 9.17) is 9.84 Å². The normalized spacial score (nSPS) is 12.1. The molecular formula is C11H15NO4. The summed E-state index contributed by atoms with van der Waals surface area (Å²) in [6.07, 6.45) is 0.299. The van der Waals surface area contributed by atoms with Gasteiger partial charge in [-0.3, -0.25) is 4.79 Å². The third kappa shape index (κ3) is 3.22. The number of carboxylic acids is 1. The summed E-state index contributed by atoms with van der Waals surface area (Å²) >= 11 is 0. The summed E-state index contributed by atoms with van der Waals surface area (Å²) in [4.78, 5) is 15.5. The highest BCUT2D eigenvalue weighted by Crippen LogP contribution is 2.18. The monoisotopic (exact) mass is 225 g/mol. The van der Waals surface area contributed by atoms with Gasteiger partial charge >= 0.3 is 5.97 Å². The van der Waals surface area contributed by atoms with E-state index >= 15 is 0 Å². The van der Waals surface area contributed by atoms with Crippen LogP contribution in [0.3, 0.4) is 0 Å². The van der Waals surface area contributed by atoms with E-state index in [2.05, 4.69) is 10.3 Å². The van der Waals surface area contributed by atoms with Gasteiger partial charge < -0.3 is 14.7 Å². The molecule has 1 aromatic carbocycles. The van der Waals surface area contributed by atoms with Gasteiger partial charge in [-0.05, 0) is 11.6 Å². The number of rotatable bonds is 6. The van der Waals surface area contributed by atoms with Crippen molar-refractivity contribution in [3.05, 3.63) is 29.8 Å². The molecule has 0 bridgehead atoms. The maximum absolute atomic E-state index is 10.9. The average molecular weight is 225 g/mol. The zero-order valence-corrected chi connectivity index (χ0v) is 9.27. The van der Waals surface area contributed by atoms with Crippen LogP contribution in [0, 0.1) is 0 Å². The van der Waals surface area contributed by atoms with Crippen LogP contribution < -0.4 is 10.2 Å². The number of benzene rings is 1. The SMILES string of the molecule is CONC(Cc1ccccc1OC)C(=O)O. The molecule has 1 rings (SSSR count). The number of hydrogen-bond acceptors (Lipinski definition) is 4. The van der Waals surface area contributed by atoms with E-state index in [1.165, 1.54) is 7.11 Å². The van der Waals surface area contributed by atoms with Gasteiger partial charge in [0, 0.05) is 6.42 Å². The van der Waals surface area contributed by atoms with Crippen LogP contribution >= 0.6 is 0 Å². The molecule has 1 atom stereocenters. The number of carbonyl (C=O) groups is 1. The van der Waals surface area contributed by atoms with E-state index in [9.17, 15) is 4.79 Å². The Morgan fingerprint density at radius 1 is 1.44 bits per heavy atom. The van der Waals surface area contributed by atoms with E-state index < -0.39 is 12.0 Å². The first kappa shape index (κ1) is 12.5. The average Bonchev–Trinajstić information content (AvgIpc) is 2.29. The fraction of sp³-hybridized carbons (Fsp3) is 0.364. The highest BCUT2D eigenvalue weighted by atomic mass is 16.6. The third-order valence-electron chi connectivity index (χ3n) is 2.17. The highest BCUT2D eigenvalue weighted by molar-refractivity contribution is 5.73. The molecule has 0 aliphatic heterocycles. The predicted molar refractivity (Wildman–Crippen MR) is 58.3 cm³/mol. The number of ether oxygens (including phenoxy) is 1. The highest BCUT2D eigenvalue weighted by Gasteiger charge is 2.19. The van der Waals surface area contributed by atoms with Crippen LogP contribution in [0.5, 0.6) is 5.75 Å². The second kappa shape index (κ2) is 6.09. The molecule has 88 valence electrons. The van der Waals surface area contributed by atoms with Gasteiger partial charge in [0.05, 0.1) is 14.2 Å². The number of hydroxylamine groups is 1. The molecular weight excluding hydrogens is 210 g/mol. The van der Waals surface area contributed by atoms with Gasteiger partial charge in [-0.1, -0.05) is 18.2 Å². The van der Waals surface area contributed by atoms with Gasteiger partial charge in [0.15, 0.2) is 0 Å². The van der Waals surface area contributed by atoms with Crippen LogP contribution in [0.4, 0.5) is 0 Å². The molecule has 0 aromatic heterocycles. The van der Waals surface area contributed by atoms with Crippen molar-refractivity contribution in [2.45, 2.75) is 12.5 Å². The molecule has 1 unspecified atom stereocenters. The number of carboxylic acid groups (broad SMARTS) is 1. The molecule has 0 aliphatic rings. The maximum Gasteiger partial charge on any atom is 0.323 e. The lowest BCUT2D eigenvalue weighted by Crippen LogP contribution is -2.37. The Hall–Kier alpha value is -1.59. The fourth-order valence-electron chi connectivity index (χ4n) is 1.41. The van der Waals surface area contributed by atoms with Gasteiger partial charge in [-0.15, -0.1) is 0 Å². The molecule has 0 saturated heterocycles. The summed E-state index contributed by atoms with van der Waals surface area (Å²) in [5.74, 6) is -0.292. The Balaban J connectivity index is 2.80. The Morgan fingerprint density at radius 3 is 2.69 bits per heavy atom. The molecule has 1 aromatic rings. The zero-order chi connectivity index (χ0) is 12.0. The van der Waals surface area contributed by atoms with E-state index in [1.54, 1.807) is 13.2 Å². The minimum absolute atomic E-state index is 0.299. The first-order valence-corrected chi connectivity index (χ1v) is 4.82. The molecule has 5 nitrogen and oxygen atoms in total. The molecule has 0 amide bonds. The molecule has 16 heavy (non-hydrogen) atoms. The molecule has 0 radical (unpaired) electrons. The lowest BCUT2D eigenvalue weighted by molar-refractivity contribution is -0.143. The molecule has 2 N–H and O–H groups in total. The molecule has 0 spiro atoms. The Labute approximate surface area is 93.9 Å². The van der Waals surface area contributed by atoms with E-state index in [-0.39, 0.29) is 0 Å². The lowest BCUT2D eigenvalue weighted by Gasteiger charge is -2.14. The van der Waals surface area contributed by atoms with Crippen molar-refractivity contribution in [2.24, 2.45) is 0 Å². The first-order valence-electron chi connectivity index (χ1n) is 4.82. The maximum atomic E-state index is 10.9. The van der Waals surface area contributed by atoms with Crippen molar-refractivity contribution in [1.82, 2.24) is 5.48 Å². The minimum atomic E-state index is -0.965. The summed E-state index contributed by atoms with van der Waals surface area (Å²) in [5, 5.41) is 8.95. The predicted octanol–water partition coefficient (Wildman–Crippen LogP) is 0.842. The second-order valence-electron chi connectivity index (χ2n) is 3.23. The van der Waals surface area contributed by atoms with Gasteiger partial charge in [-0.2, -0.15) is 5.48 Å². The quantitative estimate of drug-likeness (QED) is 0.702. The molecule has 0 saturated carbocycles. The van der Waals surface area contributed by atoms with Crippen molar-refractivity contribution < 1.29 is 19.5 Å². The van der Waals surface area contributed by atoms with Crippen molar-refractivity contribution in [3.63, 3.8) is 0 Å². The third-order valence-corrected chi connectivity index (χ3v) is 2.17. The number of nitrogens with one attached hydrogen (secondary N) is 1. The zero-order valence-electron chi connectivity index (χ0n) is 9.27. The number of hydrogen-bond donors (Lipinski definition) is 2. The molecule has 0 aliphatic carbocycles. The Bertz CT molecular complexity index is 354. The summed E-state index contributed by atoms with van der Waals surface area (Å²) in [6.45, 7) is 0. The van der Waals surface area contributed by atoms with E-state index in [1.807, 2.05) is 18.2 Å². The largest absolute Gasteiger partial charge is 0.496 e. The van der Waals surface area contributed by atoms with Crippen LogP contribution in [0.15, 0.2) is 24.3 Å². The van der Waals surface area contributed by atoms with Crippen molar-refractivity contribution >= 4 is 5.97 Å². The number of methoxy groups -OCH3 is 1. The summed E-state index contributed by atoms with van der Waals surface area (Å²) in [5.41, 5.74) is 3.25. The molecule has 5 heteroatoms. The van der Waals surface area contributed by atoms with Crippen LogP contribution in [0.25, 0.3) is 0 Å². The van der Waals surface area contributed by atoms with E-state index in [0.29, 0.717) is 12.2 Å². The van der Waals surface area contributed by atoms with Gasteiger partial charge in [0.2, 0.25) is 0 Å². The second-order valence-corrected chi connectivity index (χ2v) is 3.23. The number of para-hydroxylation sites is 1. The van der Waals surface area contributed by atoms with E-state index in [0.717, 1.165) is 5.56 Å². The van der Waals surface area contributed by atoms with Crippen molar-refractivity contribution in [3.8, 4) is 5.75 Å². The standard InChI is InChI=1S/C11H15NO4/c1-15-10-6-4-3-5-8(10)7-9(11(13)14)12-16-2/h3-6,9,12H,7H2,1-2H3,(H,13,14). The topological polar surface area (TPSA) is 67.8 Å². The first-order chi connectivity index (χ1) is 7.69. The number of aliphatic carboxylic acids is 1. The molecule has 0 fully saturated rings. The summed E-state index contributed by atoms with van der Waals surface area (Å²) < 4.78 is 5.14. The smallest absolute Gasteiger partial charge is 0.323 e. The van der Waals surface area contributed by atoms with Crippen LogP contribution in [-0.4, -0.2) is 31.3 Å². The van der Waals surface area contributed by atoms with Gasteiger partial charge in [-0.25, -0.2) is 0 Å². The van der Waals surface area contributed by atoms with Gasteiger partial charge in [0.25, 0.3) is 0 Å². The van der Waals surface area contributed by atoms with Crippen LogP contribution in [0.2, 0.25) is 0 Å². The summed E-state index contributed by atoms with van der Waals surface area (Å²) in [6, 6.07) is 6.50. The fourth-order valence-corrected chi connectivity index (χ4v) is 1.41. The van der Waals surface area contributed by atoms with Crippen LogP contribution in [0.1, 0.15) is 5.56 Å².